The van der Waals surface area contributed by atoms with Crippen molar-refractivity contribution in [3.05, 3.63) is 52.6 Å². The first-order valence-corrected chi connectivity index (χ1v) is 11.1. The Morgan fingerprint density at radius 2 is 1.84 bits per heavy atom. The minimum absolute atomic E-state index is 0.0453. The van der Waals surface area contributed by atoms with Crippen LogP contribution in [0.15, 0.2) is 47.4 Å². The third-order valence-electron chi connectivity index (χ3n) is 4.82. The number of rotatable bonds is 8. The van der Waals surface area contributed by atoms with E-state index in [1.165, 1.54) is 47.8 Å². The summed E-state index contributed by atoms with van der Waals surface area (Å²) in [6, 6.07) is 9.94. The molecule has 0 bridgehead atoms. The Morgan fingerprint density at radius 1 is 1.13 bits per heavy atom. The number of nitro groups is 1. The topological polar surface area (TPSA) is 128 Å². The molecule has 0 saturated carbocycles. The van der Waals surface area contributed by atoms with Crippen LogP contribution >= 0.6 is 0 Å². The van der Waals surface area contributed by atoms with Crippen LogP contribution in [0.5, 0.6) is 11.5 Å². The molecule has 0 atom stereocenters. The van der Waals surface area contributed by atoms with Crippen LogP contribution < -0.4 is 14.8 Å². The Balaban J connectivity index is 1.75. The lowest BCUT2D eigenvalue weighted by Gasteiger charge is -2.26. The number of benzene rings is 2. The number of nitro benzene ring substituents is 1. The number of hydrogen-bond donors (Lipinski definition) is 1. The number of piperidine rings is 1. The van der Waals surface area contributed by atoms with Crippen molar-refractivity contribution in [3.63, 3.8) is 0 Å². The number of nitrogens with zero attached hydrogens (tertiary/aromatic N) is 2. The standard InChI is InChI=1S/C20H23N3O7S/c1-29-18-10-9-15(31(27,28)22-11-5-2-6-12-22)13-16(18)21-20(24)14-30-19-8-4-3-7-17(19)23(25)26/h3-4,7-10,13H,2,5-6,11-12,14H2,1H3,(H,21,24). The molecule has 0 spiro atoms. The van der Waals surface area contributed by atoms with Crippen molar-refractivity contribution in [3.8, 4) is 11.5 Å². The number of amides is 1. The average Bonchev–Trinajstić information content (AvgIpc) is 2.78. The Hall–Kier alpha value is -3.18. The minimum Gasteiger partial charge on any atom is -0.495 e. The molecule has 1 heterocycles. The highest BCUT2D eigenvalue weighted by Gasteiger charge is 2.27. The van der Waals surface area contributed by atoms with Crippen molar-refractivity contribution in [2.75, 3.05) is 32.1 Å². The molecule has 1 aliphatic rings. The van der Waals surface area contributed by atoms with Gasteiger partial charge in [-0.3, -0.25) is 14.9 Å². The number of nitrogens with one attached hydrogen (secondary N) is 1. The van der Waals surface area contributed by atoms with Crippen molar-refractivity contribution >= 4 is 27.3 Å². The lowest BCUT2D eigenvalue weighted by Crippen LogP contribution is -2.35. The molecule has 0 radical (unpaired) electrons. The Bertz CT molecular complexity index is 1070. The molecule has 3 rings (SSSR count). The maximum absolute atomic E-state index is 12.9. The lowest BCUT2D eigenvalue weighted by atomic mass is 10.2. The van der Waals surface area contributed by atoms with E-state index < -0.39 is 27.5 Å². The number of hydrogen-bond acceptors (Lipinski definition) is 7. The Kier molecular flexibility index (Phi) is 7.08. The number of sulfonamides is 1. The number of para-hydroxylation sites is 2. The highest BCUT2D eigenvalue weighted by Crippen LogP contribution is 2.30. The van der Waals surface area contributed by atoms with Crippen LogP contribution in [0.1, 0.15) is 19.3 Å². The maximum Gasteiger partial charge on any atom is 0.310 e. The molecular formula is C20H23N3O7S. The number of carbonyl (C=O) groups excluding carboxylic acids is 1. The molecule has 1 saturated heterocycles. The largest absolute Gasteiger partial charge is 0.495 e. The Labute approximate surface area is 180 Å². The fourth-order valence-electron chi connectivity index (χ4n) is 3.26. The predicted molar refractivity (Wildman–Crippen MR) is 113 cm³/mol. The zero-order chi connectivity index (χ0) is 22.4. The molecule has 1 amide bonds. The zero-order valence-corrected chi connectivity index (χ0v) is 17.8. The fraction of sp³-hybridized carbons (Fsp3) is 0.350. The van der Waals surface area contributed by atoms with Crippen LogP contribution in [0, 0.1) is 10.1 Å². The van der Waals surface area contributed by atoms with E-state index in [9.17, 15) is 23.3 Å². The van der Waals surface area contributed by atoms with Crippen molar-refractivity contribution in [1.29, 1.82) is 0 Å². The van der Waals surface area contributed by atoms with Crippen LogP contribution in [0.3, 0.4) is 0 Å². The van der Waals surface area contributed by atoms with E-state index in [4.69, 9.17) is 9.47 Å². The summed E-state index contributed by atoms with van der Waals surface area (Å²) in [6.45, 7) is 0.413. The van der Waals surface area contributed by atoms with Gasteiger partial charge in [0.25, 0.3) is 5.91 Å². The third-order valence-corrected chi connectivity index (χ3v) is 6.71. The molecule has 2 aromatic rings. The van der Waals surface area contributed by atoms with Gasteiger partial charge in [-0.15, -0.1) is 0 Å². The molecule has 1 N–H and O–H groups in total. The molecule has 166 valence electrons. The van der Waals surface area contributed by atoms with Gasteiger partial charge >= 0.3 is 5.69 Å². The molecule has 0 aromatic heterocycles. The van der Waals surface area contributed by atoms with Crippen LogP contribution in [0.2, 0.25) is 0 Å². The first-order chi connectivity index (χ1) is 14.8. The highest BCUT2D eigenvalue weighted by molar-refractivity contribution is 7.89. The summed E-state index contributed by atoms with van der Waals surface area (Å²) in [7, 11) is -2.30. The highest BCUT2D eigenvalue weighted by atomic mass is 32.2. The first-order valence-electron chi connectivity index (χ1n) is 9.67. The van der Waals surface area contributed by atoms with Gasteiger partial charge in [0.15, 0.2) is 12.4 Å². The second-order valence-corrected chi connectivity index (χ2v) is 8.83. The van der Waals surface area contributed by atoms with Crippen molar-refractivity contribution in [2.45, 2.75) is 24.2 Å². The molecule has 10 nitrogen and oxygen atoms in total. The summed E-state index contributed by atoms with van der Waals surface area (Å²) >= 11 is 0. The molecule has 2 aromatic carbocycles. The van der Waals surface area contributed by atoms with E-state index in [1.807, 2.05) is 0 Å². The summed E-state index contributed by atoms with van der Waals surface area (Å²) < 4.78 is 37.8. The monoisotopic (exact) mass is 449 g/mol. The van der Waals surface area contributed by atoms with Gasteiger partial charge in [-0.25, -0.2) is 8.42 Å². The second-order valence-electron chi connectivity index (χ2n) is 6.89. The maximum atomic E-state index is 12.9. The number of ether oxygens (including phenoxy) is 2. The van der Waals surface area contributed by atoms with E-state index in [2.05, 4.69) is 5.32 Å². The van der Waals surface area contributed by atoms with E-state index in [0.717, 1.165) is 19.3 Å². The van der Waals surface area contributed by atoms with Gasteiger partial charge < -0.3 is 14.8 Å². The van der Waals surface area contributed by atoms with Gasteiger partial charge in [-0.2, -0.15) is 4.31 Å². The third kappa shape index (κ3) is 5.30. The second kappa shape index (κ2) is 9.75. The summed E-state index contributed by atoms with van der Waals surface area (Å²) in [5, 5.41) is 13.6. The lowest BCUT2D eigenvalue weighted by molar-refractivity contribution is -0.385. The van der Waals surface area contributed by atoms with Crippen LogP contribution in [0.4, 0.5) is 11.4 Å². The Morgan fingerprint density at radius 3 is 2.52 bits per heavy atom. The molecule has 31 heavy (non-hydrogen) atoms. The fourth-order valence-corrected chi connectivity index (χ4v) is 4.80. The van der Waals surface area contributed by atoms with Gasteiger partial charge in [0.05, 0.1) is 22.6 Å². The molecule has 1 fully saturated rings. The number of anilines is 1. The minimum atomic E-state index is -3.70. The summed E-state index contributed by atoms with van der Waals surface area (Å²) in [4.78, 5) is 22.9. The zero-order valence-electron chi connectivity index (χ0n) is 16.9. The van der Waals surface area contributed by atoms with E-state index in [-0.39, 0.29) is 27.8 Å². The van der Waals surface area contributed by atoms with Gasteiger partial charge in [0.1, 0.15) is 5.75 Å². The first kappa shape index (κ1) is 22.5. The summed E-state index contributed by atoms with van der Waals surface area (Å²) in [5.41, 5.74) is -0.0979. The number of methoxy groups -OCH3 is 1. The summed E-state index contributed by atoms with van der Waals surface area (Å²) in [6.07, 6.45) is 2.61. The van der Waals surface area contributed by atoms with E-state index in [1.54, 1.807) is 6.07 Å². The van der Waals surface area contributed by atoms with E-state index >= 15 is 0 Å². The molecule has 0 aliphatic carbocycles. The van der Waals surface area contributed by atoms with Gasteiger partial charge in [-0.1, -0.05) is 18.6 Å². The summed E-state index contributed by atoms with van der Waals surface area (Å²) in [5.74, 6) is -0.392. The normalized spacial score (nSPS) is 14.6. The molecular weight excluding hydrogens is 426 g/mol. The van der Waals surface area contributed by atoms with Crippen LogP contribution in [-0.2, 0) is 14.8 Å². The number of carbonyl (C=O) groups is 1. The predicted octanol–water partition coefficient (Wildman–Crippen LogP) is 2.80. The molecule has 11 heteroatoms. The van der Waals surface area contributed by atoms with Crippen LogP contribution in [-0.4, -0.2) is 50.4 Å². The van der Waals surface area contributed by atoms with Gasteiger partial charge in [0, 0.05) is 19.2 Å². The van der Waals surface area contributed by atoms with E-state index in [0.29, 0.717) is 13.1 Å². The van der Waals surface area contributed by atoms with Crippen molar-refractivity contribution in [2.24, 2.45) is 0 Å². The van der Waals surface area contributed by atoms with Gasteiger partial charge in [0.2, 0.25) is 10.0 Å². The van der Waals surface area contributed by atoms with Crippen molar-refractivity contribution in [1.82, 2.24) is 4.31 Å². The molecule has 1 aliphatic heterocycles. The molecule has 0 unspecified atom stereocenters. The van der Waals surface area contributed by atoms with Crippen LogP contribution in [0.25, 0.3) is 0 Å². The smallest absolute Gasteiger partial charge is 0.310 e. The average molecular weight is 449 g/mol. The van der Waals surface area contributed by atoms with Gasteiger partial charge in [-0.05, 0) is 37.1 Å². The van der Waals surface area contributed by atoms with Crippen molar-refractivity contribution < 1.29 is 27.6 Å². The quantitative estimate of drug-likeness (QED) is 0.485. The SMILES string of the molecule is COc1ccc(S(=O)(=O)N2CCCCC2)cc1NC(=O)COc1ccccc1[N+](=O)[O-].